The molecule has 0 unspecified atom stereocenters. The topological polar surface area (TPSA) is 122 Å². The molecule has 0 saturated carbocycles. The van der Waals surface area contributed by atoms with Gasteiger partial charge in [-0.15, -0.1) is 0 Å². The van der Waals surface area contributed by atoms with Gasteiger partial charge in [0.15, 0.2) is 0 Å². The minimum Gasteiger partial charge on any atom is -0.399 e. The van der Waals surface area contributed by atoms with Crippen molar-refractivity contribution >= 4 is 40.4 Å². The molecule has 2 aromatic rings. The fraction of sp³-hybridized carbons (Fsp3) is 0.556. The standard InChI is InChI=1S/C11H18BN3O2.C5H6BrN3.2CH4/c1-7-8(6-14-9(13)15-7)12-16-10(2,3)11(4,5)17-12;1-3-4(6)2-8-5(7)9-3;;/h6H,1-5H3,(H2,13,14,15);2H,1H3,(H2,7,8,9);2*1H4. The van der Waals surface area contributed by atoms with Crippen LogP contribution >= 0.6 is 15.9 Å². The van der Waals surface area contributed by atoms with Crippen molar-refractivity contribution in [1.82, 2.24) is 19.9 Å². The second-order valence-electron chi connectivity index (χ2n) is 7.02. The van der Waals surface area contributed by atoms with Gasteiger partial charge >= 0.3 is 7.12 Å². The Hall–Kier alpha value is -1.78. The van der Waals surface area contributed by atoms with Crippen LogP contribution in [-0.2, 0) is 9.31 Å². The maximum atomic E-state index is 5.93. The van der Waals surface area contributed by atoms with Gasteiger partial charge in [0.25, 0.3) is 0 Å². The van der Waals surface area contributed by atoms with E-state index in [1.807, 2.05) is 41.5 Å². The van der Waals surface area contributed by atoms with Gasteiger partial charge < -0.3 is 20.8 Å². The second-order valence-corrected chi connectivity index (χ2v) is 7.87. The van der Waals surface area contributed by atoms with Crippen molar-refractivity contribution in [1.29, 1.82) is 0 Å². The van der Waals surface area contributed by atoms with Gasteiger partial charge in [-0.3, -0.25) is 0 Å². The van der Waals surface area contributed by atoms with Crippen LogP contribution in [0.3, 0.4) is 0 Å². The molecule has 0 amide bonds. The van der Waals surface area contributed by atoms with Crippen molar-refractivity contribution in [2.75, 3.05) is 11.5 Å². The predicted molar refractivity (Wildman–Crippen MR) is 119 cm³/mol. The van der Waals surface area contributed by atoms with Crippen LogP contribution in [0.15, 0.2) is 16.9 Å². The summed E-state index contributed by atoms with van der Waals surface area (Å²) >= 11 is 3.25. The summed E-state index contributed by atoms with van der Waals surface area (Å²) in [7, 11) is -0.430. The van der Waals surface area contributed by atoms with Crippen LogP contribution in [0.5, 0.6) is 0 Å². The maximum Gasteiger partial charge on any atom is 0.498 e. The Morgan fingerprint density at radius 1 is 0.857 bits per heavy atom. The lowest BCUT2D eigenvalue weighted by Gasteiger charge is -2.32. The second kappa shape index (κ2) is 9.62. The molecule has 1 aliphatic rings. The van der Waals surface area contributed by atoms with E-state index in [9.17, 15) is 0 Å². The van der Waals surface area contributed by atoms with Crippen molar-refractivity contribution in [2.45, 2.75) is 67.6 Å². The van der Waals surface area contributed by atoms with Crippen molar-refractivity contribution in [3.63, 3.8) is 0 Å². The summed E-state index contributed by atoms with van der Waals surface area (Å²) in [5.74, 6) is 0.582. The molecule has 0 radical (unpaired) electrons. The third kappa shape index (κ3) is 5.86. The zero-order valence-corrected chi connectivity index (χ0v) is 17.5. The quantitative estimate of drug-likeness (QED) is 0.630. The number of halogens is 1. The molecule has 156 valence electrons. The smallest absolute Gasteiger partial charge is 0.399 e. The summed E-state index contributed by atoms with van der Waals surface area (Å²) in [5.41, 5.74) is 12.6. The number of hydrogen-bond donors (Lipinski definition) is 2. The molecule has 28 heavy (non-hydrogen) atoms. The van der Waals surface area contributed by atoms with Gasteiger partial charge in [0.05, 0.1) is 21.4 Å². The van der Waals surface area contributed by atoms with E-state index in [1.54, 1.807) is 12.4 Å². The van der Waals surface area contributed by atoms with Gasteiger partial charge in [-0.2, -0.15) is 0 Å². The fourth-order valence-electron chi connectivity index (χ4n) is 2.17. The van der Waals surface area contributed by atoms with Crippen molar-refractivity contribution in [3.8, 4) is 0 Å². The summed E-state index contributed by atoms with van der Waals surface area (Å²) in [6.07, 6.45) is 3.30. The summed E-state index contributed by atoms with van der Waals surface area (Å²) in [4.78, 5) is 15.8. The number of nitrogen functional groups attached to an aromatic ring is 2. The van der Waals surface area contributed by atoms with E-state index >= 15 is 0 Å². The number of nitrogens with two attached hydrogens (primary N) is 2. The van der Waals surface area contributed by atoms with Crippen LogP contribution in [0.1, 0.15) is 53.9 Å². The Morgan fingerprint density at radius 3 is 1.68 bits per heavy atom. The normalized spacial score (nSPS) is 16.3. The third-order valence-electron chi connectivity index (χ3n) is 4.48. The number of aryl methyl sites for hydroxylation is 2. The van der Waals surface area contributed by atoms with Crippen LogP contribution in [-0.4, -0.2) is 38.3 Å². The van der Waals surface area contributed by atoms with E-state index < -0.39 is 7.12 Å². The lowest BCUT2D eigenvalue weighted by molar-refractivity contribution is 0.00578. The first kappa shape index (κ1) is 26.2. The van der Waals surface area contributed by atoms with Crippen LogP contribution in [0.25, 0.3) is 0 Å². The van der Waals surface area contributed by atoms with Crippen LogP contribution in [0.4, 0.5) is 11.9 Å². The first-order chi connectivity index (χ1) is 11.9. The molecule has 0 aromatic carbocycles. The molecule has 3 heterocycles. The minimum atomic E-state index is -0.430. The van der Waals surface area contributed by atoms with Gasteiger partial charge in [0.2, 0.25) is 11.9 Å². The molecule has 3 rings (SSSR count). The number of aromatic nitrogens is 4. The molecule has 0 atom stereocenters. The van der Waals surface area contributed by atoms with Gasteiger partial charge in [-0.1, -0.05) is 14.9 Å². The van der Waals surface area contributed by atoms with E-state index in [0.717, 1.165) is 21.3 Å². The van der Waals surface area contributed by atoms with E-state index in [0.29, 0.717) is 5.95 Å². The van der Waals surface area contributed by atoms with Crippen molar-refractivity contribution in [2.24, 2.45) is 0 Å². The molecule has 0 aliphatic carbocycles. The Labute approximate surface area is 177 Å². The Bertz CT molecular complexity index is 788. The monoisotopic (exact) mass is 454 g/mol. The largest absolute Gasteiger partial charge is 0.498 e. The first-order valence-corrected chi connectivity index (χ1v) is 8.91. The SMILES string of the molecule is C.C.Cc1nc(N)ncc1B1OC(C)(C)C(C)(C)O1.Cc1nc(N)ncc1Br. The van der Waals surface area contributed by atoms with E-state index in [-0.39, 0.29) is 32.0 Å². The lowest BCUT2D eigenvalue weighted by atomic mass is 9.79. The number of hydrogen-bond acceptors (Lipinski definition) is 8. The fourth-order valence-corrected chi connectivity index (χ4v) is 2.36. The zero-order valence-electron chi connectivity index (χ0n) is 15.9. The Balaban J connectivity index is 0.000000570. The van der Waals surface area contributed by atoms with Crippen LogP contribution in [0.2, 0.25) is 0 Å². The first-order valence-electron chi connectivity index (χ1n) is 8.12. The highest BCUT2D eigenvalue weighted by Gasteiger charge is 2.52. The number of nitrogens with zero attached hydrogens (tertiary/aromatic N) is 4. The molecular formula is C18H32BBrN6O2. The Morgan fingerprint density at radius 2 is 1.29 bits per heavy atom. The number of anilines is 2. The molecule has 2 aromatic heterocycles. The van der Waals surface area contributed by atoms with Gasteiger partial charge in [-0.05, 0) is 57.5 Å². The summed E-state index contributed by atoms with van der Waals surface area (Å²) in [5, 5.41) is 0. The highest BCUT2D eigenvalue weighted by atomic mass is 79.9. The van der Waals surface area contributed by atoms with Gasteiger partial charge in [0, 0.05) is 23.6 Å². The van der Waals surface area contributed by atoms with Crippen molar-refractivity contribution < 1.29 is 9.31 Å². The molecule has 0 spiro atoms. The average molecular weight is 455 g/mol. The molecule has 4 N–H and O–H groups in total. The molecular weight excluding hydrogens is 423 g/mol. The van der Waals surface area contributed by atoms with Gasteiger partial charge in [0.1, 0.15) is 0 Å². The average Bonchev–Trinajstić information content (AvgIpc) is 2.72. The molecule has 8 nitrogen and oxygen atoms in total. The maximum absolute atomic E-state index is 5.93. The molecule has 1 saturated heterocycles. The summed E-state index contributed by atoms with van der Waals surface area (Å²) in [6.45, 7) is 11.8. The summed E-state index contributed by atoms with van der Waals surface area (Å²) in [6, 6.07) is 0. The third-order valence-corrected chi connectivity index (χ3v) is 5.26. The summed E-state index contributed by atoms with van der Waals surface area (Å²) < 4.78 is 12.7. The Kier molecular flexibility index (Phi) is 9.01. The number of rotatable bonds is 1. The highest BCUT2D eigenvalue weighted by Crippen LogP contribution is 2.36. The zero-order chi connectivity index (χ0) is 19.7. The molecule has 1 aliphatic heterocycles. The van der Waals surface area contributed by atoms with Gasteiger partial charge in [-0.25, -0.2) is 19.9 Å². The molecule has 10 heteroatoms. The van der Waals surface area contributed by atoms with Crippen LogP contribution < -0.4 is 16.9 Å². The molecule has 0 bridgehead atoms. The highest BCUT2D eigenvalue weighted by molar-refractivity contribution is 9.10. The molecule has 1 fully saturated rings. The van der Waals surface area contributed by atoms with E-state index in [2.05, 4.69) is 35.9 Å². The van der Waals surface area contributed by atoms with Crippen molar-refractivity contribution in [3.05, 3.63) is 28.3 Å². The minimum absolute atomic E-state index is 0. The van der Waals surface area contributed by atoms with E-state index in [4.69, 9.17) is 20.8 Å². The van der Waals surface area contributed by atoms with Crippen LogP contribution in [0, 0.1) is 13.8 Å². The van der Waals surface area contributed by atoms with E-state index in [1.165, 1.54) is 0 Å². The predicted octanol–water partition coefficient (Wildman–Crippen LogP) is 3.07. The lowest BCUT2D eigenvalue weighted by Crippen LogP contribution is -2.41.